The highest BCUT2D eigenvalue weighted by Crippen LogP contribution is 2.43. The number of benzene rings is 2. The number of carboxylic acid groups (broad SMARTS) is 1. The standard InChI is InChI=1S/C20H15N3O4S/c1-22-14-9-4-3-8-13(14)15(17(22)24)16-18(25)23(2)20(28-16)21-12-7-5-6-11(10-12)19(26)27/h3-10H,1-2H3,(H,26,27)/b16-15-,21-20?. The molecule has 0 aromatic heterocycles. The third-order valence-electron chi connectivity index (χ3n) is 4.58. The highest BCUT2D eigenvalue weighted by Gasteiger charge is 2.40. The minimum Gasteiger partial charge on any atom is -0.478 e. The predicted octanol–water partition coefficient (Wildman–Crippen LogP) is 2.97. The van der Waals surface area contributed by atoms with Crippen molar-refractivity contribution >= 4 is 51.7 Å². The second-order valence-electron chi connectivity index (χ2n) is 6.30. The van der Waals surface area contributed by atoms with E-state index < -0.39 is 5.97 Å². The number of para-hydroxylation sites is 1. The van der Waals surface area contributed by atoms with Gasteiger partial charge in [-0.3, -0.25) is 14.5 Å². The number of carboxylic acids is 1. The molecule has 1 N–H and O–H groups in total. The summed E-state index contributed by atoms with van der Waals surface area (Å²) in [5.74, 6) is -1.60. The van der Waals surface area contributed by atoms with Gasteiger partial charge in [-0.2, -0.15) is 0 Å². The SMILES string of the molecule is CN1C(=O)/C(=C2/C(=O)N(C)c3ccccc32)SC1=Nc1cccc(C(=O)O)c1. The average molecular weight is 393 g/mol. The number of amides is 2. The maximum Gasteiger partial charge on any atom is 0.335 e. The molecular weight excluding hydrogens is 378 g/mol. The molecule has 4 rings (SSSR count). The zero-order chi connectivity index (χ0) is 20.0. The summed E-state index contributed by atoms with van der Waals surface area (Å²) in [5, 5.41) is 9.51. The Morgan fingerprint density at radius 1 is 1.00 bits per heavy atom. The normalized spacial score (nSPS) is 20.3. The Morgan fingerprint density at radius 2 is 1.75 bits per heavy atom. The first kappa shape index (κ1) is 18.0. The van der Waals surface area contributed by atoms with Crippen molar-refractivity contribution in [3.05, 3.63) is 64.6 Å². The summed E-state index contributed by atoms with van der Waals surface area (Å²) in [7, 11) is 3.26. The number of aliphatic imine (C=N–C) groups is 1. The Hall–Kier alpha value is -3.39. The molecule has 0 aliphatic carbocycles. The first-order valence-corrected chi connectivity index (χ1v) is 9.20. The maximum absolute atomic E-state index is 12.8. The van der Waals surface area contributed by atoms with Gasteiger partial charge in [0.2, 0.25) is 0 Å². The number of hydrogen-bond donors (Lipinski definition) is 1. The van der Waals surface area contributed by atoms with Crippen LogP contribution in [0, 0.1) is 0 Å². The van der Waals surface area contributed by atoms with Crippen LogP contribution in [0.1, 0.15) is 15.9 Å². The lowest BCUT2D eigenvalue weighted by Crippen LogP contribution is -2.25. The molecule has 2 aromatic rings. The van der Waals surface area contributed by atoms with Crippen molar-refractivity contribution in [3.63, 3.8) is 0 Å². The van der Waals surface area contributed by atoms with E-state index in [1.807, 2.05) is 24.3 Å². The van der Waals surface area contributed by atoms with Gasteiger partial charge in [0.05, 0.1) is 27.4 Å². The van der Waals surface area contributed by atoms with E-state index in [1.54, 1.807) is 26.2 Å². The molecule has 2 amide bonds. The van der Waals surface area contributed by atoms with E-state index in [0.29, 0.717) is 26.9 Å². The lowest BCUT2D eigenvalue weighted by Gasteiger charge is -2.08. The molecule has 1 fully saturated rings. The largest absolute Gasteiger partial charge is 0.478 e. The number of anilines is 1. The first-order valence-electron chi connectivity index (χ1n) is 8.38. The monoisotopic (exact) mass is 393 g/mol. The van der Waals surface area contributed by atoms with Crippen LogP contribution in [0.2, 0.25) is 0 Å². The Labute approximate surface area is 165 Å². The van der Waals surface area contributed by atoms with E-state index in [1.165, 1.54) is 21.9 Å². The molecule has 2 aliphatic heterocycles. The van der Waals surface area contributed by atoms with E-state index in [9.17, 15) is 14.4 Å². The van der Waals surface area contributed by atoms with E-state index in [2.05, 4.69) is 4.99 Å². The summed E-state index contributed by atoms with van der Waals surface area (Å²) in [5.41, 5.74) is 2.37. The lowest BCUT2D eigenvalue weighted by atomic mass is 10.1. The van der Waals surface area contributed by atoms with Gasteiger partial charge in [-0.1, -0.05) is 24.3 Å². The second kappa shape index (κ2) is 6.65. The fourth-order valence-corrected chi connectivity index (χ4v) is 4.18. The van der Waals surface area contributed by atoms with Crippen molar-refractivity contribution in [2.75, 3.05) is 19.0 Å². The van der Waals surface area contributed by atoms with Crippen molar-refractivity contribution in [1.82, 2.24) is 4.90 Å². The van der Waals surface area contributed by atoms with Crippen molar-refractivity contribution < 1.29 is 19.5 Å². The third kappa shape index (κ3) is 2.78. The lowest BCUT2D eigenvalue weighted by molar-refractivity contribution is -0.121. The molecule has 8 heteroatoms. The molecule has 0 saturated carbocycles. The van der Waals surface area contributed by atoms with Crippen LogP contribution in [0.3, 0.4) is 0 Å². The van der Waals surface area contributed by atoms with Crippen LogP contribution in [0.25, 0.3) is 5.57 Å². The molecule has 7 nitrogen and oxygen atoms in total. The Balaban J connectivity index is 1.78. The highest BCUT2D eigenvalue weighted by atomic mass is 32.2. The van der Waals surface area contributed by atoms with Crippen LogP contribution >= 0.6 is 11.8 Å². The van der Waals surface area contributed by atoms with Crippen molar-refractivity contribution in [3.8, 4) is 0 Å². The average Bonchev–Trinajstić information content (AvgIpc) is 3.10. The van der Waals surface area contributed by atoms with Gasteiger partial charge in [0.25, 0.3) is 11.8 Å². The minimum absolute atomic E-state index is 0.110. The molecular formula is C20H15N3O4S. The van der Waals surface area contributed by atoms with Crippen LogP contribution in [-0.4, -0.2) is 47.1 Å². The van der Waals surface area contributed by atoms with Gasteiger partial charge in [0, 0.05) is 19.7 Å². The van der Waals surface area contributed by atoms with E-state index in [4.69, 9.17) is 5.11 Å². The highest BCUT2D eigenvalue weighted by molar-refractivity contribution is 8.18. The third-order valence-corrected chi connectivity index (χ3v) is 5.71. The summed E-state index contributed by atoms with van der Waals surface area (Å²) in [6.07, 6.45) is 0. The summed E-state index contributed by atoms with van der Waals surface area (Å²) >= 11 is 1.11. The zero-order valence-corrected chi connectivity index (χ0v) is 15.9. The molecule has 2 aromatic carbocycles. The Morgan fingerprint density at radius 3 is 2.50 bits per heavy atom. The number of amidine groups is 1. The molecule has 0 spiro atoms. The Bertz CT molecular complexity index is 1110. The number of thioether (sulfide) groups is 1. The molecule has 0 bridgehead atoms. The predicted molar refractivity (Wildman–Crippen MR) is 108 cm³/mol. The molecule has 1 saturated heterocycles. The van der Waals surface area contributed by atoms with Crippen LogP contribution in [0.4, 0.5) is 11.4 Å². The van der Waals surface area contributed by atoms with E-state index in [0.717, 1.165) is 17.4 Å². The van der Waals surface area contributed by atoms with Gasteiger partial charge in [0.1, 0.15) is 0 Å². The molecule has 0 unspecified atom stereocenters. The van der Waals surface area contributed by atoms with Crippen LogP contribution in [0.15, 0.2) is 58.4 Å². The number of aromatic carboxylic acids is 1. The van der Waals surface area contributed by atoms with Crippen molar-refractivity contribution in [1.29, 1.82) is 0 Å². The summed E-state index contributed by atoms with van der Waals surface area (Å²) in [4.78, 5) is 44.4. The van der Waals surface area contributed by atoms with Gasteiger partial charge < -0.3 is 10.0 Å². The van der Waals surface area contributed by atoms with E-state index in [-0.39, 0.29) is 17.4 Å². The zero-order valence-electron chi connectivity index (χ0n) is 15.0. The number of carbonyl (C=O) groups is 3. The van der Waals surface area contributed by atoms with E-state index >= 15 is 0 Å². The minimum atomic E-state index is -1.05. The number of carbonyl (C=O) groups excluding carboxylic acids is 2. The number of fused-ring (bicyclic) bond motifs is 1. The van der Waals surface area contributed by atoms with Crippen LogP contribution in [0.5, 0.6) is 0 Å². The summed E-state index contributed by atoms with van der Waals surface area (Å²) in [6, 6.07) is 13.5. The summed E-state index contributed by atoms with van der Waals surface area (Å²) < 4.78 is 0. The van der Waals surface area contributed by atoms with Gasteiger partial charge in [0.15, 0.2) is 5.17 Å². The molecule has 2 heterocycles. The fourth-order valence-electron chi connectivity index (χ4n) is 3.11. The molecule has 28 heavy (non-hydrogen) atoms. The number of nitrogens with zero attached hydrogens (tertiary/aromatic N) is 3. The van der Waals surface area contributed by atoms with Gasteiger partial charge >= 0.3 is 5.97 Å². The molecule has 2 aliphatic rings. The van der Waals surface area contributed by atoms with Crippen LogP contribution < -0.4 is 4.90 Å². The molecule has 0 atom stereocenters. The maximum atomic E-state index is 12.8. The van der Waals surface area contributed by atoms with Gasteiger partial charge in [-0.25, -0.2) is 9.79 Å². The quantitative estimate of drug-likeness (QED) is 0.793. The number of rotatable bonds is 2. The smallest absolute Gasteiger partial charge is 0.335 e. The van der Waals surface area contributed by atoms with Crippen molar-refractivity contribution in [2.24, 2.45) is 4.99 Å². The van der Waals surface area contributed by atoms with Crippen LogP contribution in [-0.2, 0) is 9.59 Å². The fraction of sp³-hybridized carbons (Fsp3) is 0.100. The topological polar surface area (TPSA) is 90.3 Å². The van der Waals surface area contributed by atoms with Gasteiger partial charge in [-0.05, 0) is 36.0 Å². The Kier molecular flexibility index (Phi) is 4.27. The molecule has 0 radical (unpaired) electrons. The second-order valence-corrected chi connectivity index (χ2v) is 7.28. The van der Waals surface area contributed by atoms with Gasteiger partial charge in [-0.15, -0.1) is 0 Å². The summed E-state index contributed by atoms with van der Waals surface area (Å²) in [6.45, 7) is 0. The first-order chi connectivity index (χ1) is 13.4. The molecule has 140 valence electrons. The number of hydrogen-bond acceptors (Lipinski definition) is 5. The van der Waals surface area contributed by atoms with Crippen molar-refractivity contribution in [2.45, 2.75) is 0 Å². The number of likely N-dealkylation sites (N-methyl/N-ethyl adjacent to an activating group) is 2.